The Balaban J connectivity index is 1.81. The van der Waals surface area contributed by atoms with Gasteiger partial charge in [-0.2, -0.15) is 0 Å². The number of hydrogen-bond acceptors (Lipinski definition) is 3. The number of carbonyl (C=O) groups is 1. The highest BCUT2D eigenvalue weighted by atomic mass is 16.5. The Morgan fingerprint density at radius 2 is 1.56 bits per heavy atom. The fourth-order valence-corrected chi connectivity index (χ4v) is 2.96. The Morgan fingerprint density at radius 3 is 2.12 bits per heavy atom. The van der Waals surface area contributed by atoms with Gasteiger partial charge in [0, 0.05) is 24.4 Å². The first-order valence-electron chi connectivity index (χ1n) is 10.2. The normalized spacial score (nSPS) is 11.0. The minimum Gasteiger partial charge on any atom is -0.461 e. The topological polar surface area (TPSA) is 39.2 Å². The van der Waals surface area contributed by atoms with Crippen LogP contribution in [0.15, 0.2) is 24.5 Å². The quantitative estimate of drug-likeness (QED) is 0.270. The zero-order valence-corrected chi connectivity index (χ0v) is 16.3. The van der Waals surface area contributed by atoms with E-state index >= 15 is 0 Å². The molecule has 142 valence electrons. The van der Waals surface area contributed by atoms with Crippen molar-refractivity contribution in [2.45, 2.75) is 97.5 Å². The third kappa shape index (κ3) is 13.6. The van der Waals surface area contributed by atoms with Crippen LogP contribution in [0.5, 0.6) is 0 Å². The monoisotopic (exact) mass is 347 g/mol. The van der Waals surface area contributed by atoms with Gasteiger partial charge in [0.25, 0.3) is 0 Å². The maximum Gasteiger partial charge on any atom is 0.306 e. The highest BCUT2D eigenvalue weighted by Gasteiger charge is 2.03. The number of ether oxygens (including phenoxy) is 1. The van der Waals surface area contributed by atoms with Gasteiger partial charge < -0.3 is 4.74 Å². The van der Waals surface area contributed by atoms with Crippen molar-refractivity contribution in [1.82, 2.24) is 4.98 Å². The summed E-state index contributed by atoms with van der Waals surface area (Å²) in [5.74, 6) is 0.762. The van der Waals surface area contributed by atoms with E-state index in [1.54, 1.807) is 12.4 Å². The molecule has 0 amide bonds. The van der Waals surface area contributed by atoms with E-state index in [1.807, 2.05) is 12.1 Å². The van der Waals surface area contributed by atoms with Gasteiger partial charge in [0.2, 0.25) is 0 Å². The molecule has 0 radical (unpaired) electrons. The third-order valence-corrected chi connectivity index (χ3v) is 4.53. The summed E-state index contributed by atoms with van der Waals surface area (Å²) in [6.45, 7) is 4.95. The summed E-state index contributed by atoms with van der Waals surface area (Å²) in [4.78, 5) is 15.7. The molecule has 25 heavy (non-hydrogen) atoms. The zero-order valence-electron chi connectivity index (χ0n) is 16.3. The second-order valence-corrected chi connectivity index (χ2v) is 7.49. The van der Waals surface area contributed by atoms with Crippen molar-refractivity contribution in [2.75, 3.05) is 0 Å². The van der Waals surface area contributed by atoms with Crippen LogP contribution in [0.3, 0.4) is 0 Å². The molecule has 3 heteroatoms. The maximum atomic E-state index is 11.7. The molecule has 0 N–H and O–H groups in total. The molecule has 1 heterocycles. The Kier molecular flexibility index (Phi) is 12.9. The molecule has 0 aliphatic heterocycles. The van der Waals surface area contributed by atoms with Crippen LogP contribution in [0.4, 0.5) is 0 Å². The first kappa shape index (κ1) is 21.7. The number of nitrogens with zero attached hydrogens (tertiary/aromatic N) is 1. The molecule has 0 aliphatic carbocycles. The second kappa shape index (κ2) is 14.9. The van der Waals surface area contributed by atoms with Gasteiger partial charge >= 0.3 is 5.97 Å². The second-order valence-electron chi connectivity index (χ2n) is 7.49. The first-order valence-corrected chi connectivity index (χ1v) is 10.2. The van der Waals surface area contributed by atoms with Crippen LogP contribution in [0.25, 0.3) is 0 Å². The fraction of sp³-hybridized carbons (Fsp3) is 0.727. The largest absolute Gasteiger partial charge is 0.461 e. The maximum absolute atomic E-state index is 11.7. The number of aromatic nitrogens is 1. The minimum absolute atomic E-state index is 0.0924. The van der Waals surface area contributed by atoms with Crippen LogP contribution in [0, 0.1) is 5.92 Å². The summed E-state index contributed by atoms with van der Waals surface area (Å²) in [5.41, 5.74) is 0.944. The summed E-state index contributed by atoms with van der Waals surface area (Å²) in [7, 11) is 0. The first-order chi connectivity index (χ1) is 12.2. The predicted molar refractivity (Wildman–Crippen MR) is 104 cm³/mol. The van der Waals surface area contributed by atoms with Gasteiger partial charge in [-0.3, -0.25) is 9.78 Å². The molecule has 0 bridgehead atoms. The number of pyridine rings is 1. The van der Waals surface area contributed by atoms with E-state index in [2.05, 4.69) is 18.8 Å². The molecule has 0 spiro atoms. The van der Waals surface area contributed by atoms with E-state index in [0.717, 1.165) is 24.3 Å². The van der Waals surface area contributed by atoms with Crippen LogP contribution in [-0.4, -0.2) is 11.0 Å². The molecule has 0 unspecified atom stereocenters. The number of unbranched alkanes of at least 4 members (excludes halogenated alkanes) is 9. The smallest absolute Gasteiger partial charge is 0.306 e. The standard InChI is InChI=1S/C22H37NO2/c1-20(2)14-11-9-7-5-3-4-6-8-10-12-16-22(24)25-19-21-15-13-17-23-18-21/h13,15,17-18,20H,3-12,14,16,19H2,1-2H3. The highest BCUT2D eigenvalue weighted by Crippen LogP contribution is 2.14. The van der Waals surface area contributed by atoms with E-state index in [1.165, 1.54) is 57.8 Å². The molecular weight excluding hydrogens is 310 g/mol. The lowest BCUT2D eigenvalue weighted by Gasteiger charge is -2.05. The zero-order chi connectivity index (χ0) is 18.2. The third-order valence-electron chi connectivity index (χ3n) is 4.53. The van der Waals surface area contributed by atoms with Crippen LogP contribution < -0.4 is 0 Å². The van der Waals surface area contributed by atoms with Gasteiger partial charge in [-0.15, -0.1) is 0 Å². The molecule has 0 aromatic carbocycles. The van der Waals surface area contributed by atoms with Crippen LogP contribution >= 0.6 is 0 Å². The lowest BCUT2D eigenvalue weighted by Crippen LogP contribution is -2.04. The van der Waals surface area contributed by atoms with Crippen molar-refractivity contribution in [1.29, 1.82) is 0 Å². The fourth-order valence-electron chi connectivity index (χ4n) is 2.96. The van der Waals surface area contributed by atoms with Crippen molar-refractivity contribution in [2.24, 2.45) is 5.92 Å². The lowest BCUT2D eigenvalue weighted by molar-refractivity contribution is -0.145. The van der Waals surface area contributed by atoms with Gasteiger partial charge in [-0.05, 0) is 18.4 Å². The van der Waals surface area contributed by atoms with Crippen LogP contribution in [-0.2, 0) is 16.1 Å². The molecule has 1 aromatic heterocycles. The molecule has 3 nitrogen and oxygen atoms in total. The molecule has 1 rings (SSSR count). The van der Waals surface area contributed by atoms with E-state index in [-0.39, 0.29) is 5.97 Å². The van der Waals surface area contributed by atoms with Crippen LogP contribution in [0.1, 0.15) is 96.5 Å². The van der Waals surface area contributed by atoms with Crippen molar-refractivity contribution >= 4 is 5.97 Å². The van der Waals surface area contributed by atoms with E-state index < -0.39 is 0 Å². The molecule has 1 aromatic rings. The molecule has 0 atom stereocenters. The average Bonchev–Trinajstić information content (AvgIpc) is 2.61. The van der Waals surface area contributed by atoms with Gasteiger partial charge in [0.05, 0.1) is 0 Å². The summed E-state index contributed by atoms with van der Waals surface area (Å²) in [5, 5.41) is 0. The minimum atomic E-state index is -0.0924. The molecule has 0 fully saturated rings. The number of esters is 1. The van der Waals surface area contributed by atoms with Crippen molar-refractivity contribution in [3.63, 3.8) is 0 Å². The number of carbonyl (C=O) groups excluding carboxylic acids is 1. The van der Waals surface area contributed by atoms with Crippen molar-refractivity contribution in [3.05, 3.63) is 30.1 Å². The summed E-state index contributed by atoms with van der Waals surface area (Å²) in [6, 6.07) is 3.78. The van der Waals surface area contributed by atoms with Gasteiger partial charge in [-0.1, -0.05) is 84.1 Å². The van der Waals surface area contributed by atoms with E-state index in [0.29, 0.717) is 13.0 Å². The Hall–Kier alpha value is -1.38. The van der Waals surface area contributed by atoms with Crippen molar-refractivity contribution in [3.8, 4) is 0 Å². The van der Waals surface area contributed by atoms with Crippen LogP contribution in [0.2, 0.25) is 0 Å². The molecule has 0 saturated carbocycles. The Bertz CT molecular complexity index is 431. The van der Waals surface area contributed by atoms with Crippen molar-refractivity contribution < 1.29 is 9.53 Å². The predicted octanol–water partition coefficient (Wildman–Crippen LogP) is 6.46. The summed E-state index contributed by atoms with van der Waals surface area (Å²) < 4.78 is 5.26. The van der Waals surface area contributed by atoms with Gasteiger partial charge in [0.15, 0.2) is 0 Å². The Morgan fingerprint density at radius 1 is 0.960 bits per heavy atom. The van der Waals surface area contributed by atoms with Gasteiger partial charge in [0.1, 0.15) is 6.61 Å². The van der Waals surface area contributed by atoms with E-state index in [9.17, 15) is 4.79 Å². The average molecular weight is 348 g/mol. The lowest BCUT2D eigenvalue weighted by atomic mass is 10.0. The SMILES string of the molecule is CC(C)CCCCCCCCCCCCC(=O)OCc1cccnc1. The van der Waals surface area contributed by atoms with E-state index in [4.69, 9.17) is 4.74 Å². The summed E-state index contributed by atoms with van der Waals surface area (Å²) in [6.07, 6.45) is 18.3. The molecule has 0 aliphatic rings. The van der Waals surface area contributed by atoms with Gasteiger partial charge in [-0.25, -0.2) is 0 Å². The highest BCUT2D eigenvalue weighted by molar-refractivity contribution is 5.69. The number of rotatable bonds is 15. The number of hydrogen-bond donors (Lipinski definition) is 0. The summed E-state index contributed by atoms with van der Waals surface area (Å²) >= 11 is 0. The molecular formula is C22H37NO2. The Labute approximate surface area is 154 Å². The molecule has 0 saturated heterocycles.